The van der Waals surface area contributed by atoms with Gasteiger partial charge in [-0.2, -0.15) is 5.10 Å². The fourth-order valence-corrected chi connectivity index (χ4v) is 2.72. The molecule has 3 rings (SSSR count). The minimum Gasteiger partial charge on any atom is -0.374 e. The fraction of sp³-hybridized carbons (Fsp3) is 0.154. The first-order chi connectivity index (χ1) is 9.74. The van der Waals surface area contributed by atoms with E-state index in [1.807, 2.05) is 23.6 Å². The average Bonchev–Trinajstić information content (AvgIpc) is 3.12. The third-order valence-electron chi connectivity index (χ3n) is 2.82. The molecule has 0 saturated carbocycles. The van der Waals surface area contributed by atoms with Gasteiger partial charge in [-0.3, -0.25) is 0 Å². The molecule has 0 spiro atoms. The second kappa shape index (κ2) is 5.60. The number of halogens is 1. The van der Waals surface area contributed by atoms with Crippen LogP contribution in [-0.4, -0.2) is 19.7 Å². The van der Waals surface area contributed by atoms with Crippen LogP contribution in [0.15, 0.2) is 42.4 Å². The zero-order valence-corrected chi connectivity index (χ0v) is 12.3. The molecular formula is C13H12ClN5S. The molecule has 20 heavy (non-hydrogen) atoms. The quantitative estimate of drug-likeness (QED) is 0.801. The van der Waals surface area contributed by atoms with E-state index in [1.165, 1.54) is 6.33 Å². The number of nitrogens with zero attached hydrogens (tertiary/aromatic N) is 4. The predicted molar refractivity (Wildman–Crippen MR) is 80.5 cm³/mol. The number of aromatic nitrogens is 4. The molecule has 7 heteroatoms. The van der Waals surface area contributed by atoms with Gasteiger partial charge in [0, 0.05) is 16.6 Å². The van der Waals surface area contributed by atoms with Crippen molar-refractivity contribution >= 4 is 28.6 Å². The van der Waals surface area contributed by atoms with Crippen LogP contribution in [-0.2, 0) is 0 Å². The molecule has 0 saturated heterocycles. The molecule has 0 aliphatic heterocycles. The Morgan fingerprint density at radius 2 is 2.30 bits per heavy atom. The zero-order chi connectivity index (χ0) is 13.9. The van der Waals surface area contributed by atoms with Gasteiger partial charge in [-0.25, -0.2) is 14.6 Å². The number of hydrogen-bond acceptors (Lipinski definition) is 5. The lowest BCUT2D eigenvalue weighted by atomic mass is 10.2. The molecule has 5 nitrogen and oxygen atoms in total. The molecule has 0 fully saturated rings. The summed E-state index contributed by atoms with van der Waals surface area (Å²) < 4.78 is 1.70. The van der Waals surface area contributed by atoms with E-state index in [4.69, 9.17) is 11.6 Å². The van der Waals surface area contributed by atoms with Crippen LogP contribution < -0.4 is 5.32 Å². The van der Waals surface area contributed by atoms with Gasteiger partial charge in [0.1, 0.15) is 17.7 Å². The van der Waals surface area contributed by atoms with Crippen LogP contribution in [0.3, 0.4) is 0 Å². The van der Waals surface area contributed by atoms with Gasteiger partial charge in [0.15, 0.2) is 0 Å². The first-order valence-corrected chi connectivity index (χ1v) is 7.30. The molecule has 1 N–H and O–H groups in total. The largest absolute Gasteiger partial charge is 0.374 e. The van der Waals surface area contributed by atoms with E-state index in [9.17, 15) is 0 Å². The summed E-state index contributed by atoms with van der Waals surface area (Å²) in [6.07, 6.45) is 4.96. The highest BCUT2D eigenvalue weighted by atomic mass is 35.5. The van der Waals surface area contributed by atoms with Crippen LogP contribution in [0.4, 0.5) is 5.69 Å². The summed E-state index contributed by atoms with van der Waals surface area (Å²) in [5, 5.41) is 11.2. The maximum atomic E-state index is 6.09. The summed E-state index contributed by atoms with van der Waals surface area (Å²) in [7, 11) is 0. The van der Waals surface area contributed by atoms with Gasteiger partial charge in [-0.1, -0.05) is 11.6 Å². The Labute approximate surface area is 125 Å². The van der Waals surface area contributed by atoms with Crippen molar-refractivity contribution in [1.82, 2.24) is 19.7 Å². The third kappa shape index (κ3) is 2.66. The summed E-state index contributed by atoms with van der Waals surface area (Å²) in [5.41, 5.74) is 1.79. The Morgan fingerprint density at radius 3 is 3.00 bits per heavy atom. The maximum absolute atomic E-state index is 6.09. The van der Waals surface area contributed by atoms with Gasteiger partial charge in [0.05, 0.1) is 17.4 Å². The SMILES string of the molecule is CC(Nc1cc(Cl)ccc1-n1cncn1)c1nccs1. The predicted octanol–water partition coefficient (Wildman–Crippen LogP) is 3.55. The van der Waals surface area contributed by atoms with Gasteiger partial charge in [0.2, 0.25) is 0 Å². The van der Waals surface area contributed by atoms with Crippen molar-refractivity contribution in [2.24, 2.45) is 0 Å². The number of hydrogen-bond donors (Lipinski definition) is 1. The summed E-state index contributed by atoms with van der Waals surface area (Å²) in [4.78, 5) is 8.29. The average molecular weight is 306 g/mol. The first kappa shape index (κ1) is 13.1. The fourth-order valence-electron chi connectivity index (χ4n) is 1.90. The standard InChI is InChI=1S/C13H12ClN5S/c1-9(13-16-4-5-20-13)18-11-6-10(14)2-3-12(11)19-8-15-7-17-19/h2-9,18H,1H3. The molecule has 1 unspecified atom stereocenters. The summed E-state index contributed by atoms with van der Waals surface area (Å²) in [6.45, 7) is 2.06. The molecule has 1 atom stereocenters. The highest BCUT2D eigenvalue weighted by Crippen LogP contribution is 2.28. The lowest BCUT2D eigenvalue weighted by Crippen LogP contribution is -2.09. The van der Waals surface area contributed by atoms with Gasteiger partial charge < -0.3 is 5.32 Å². The van der Waals surface area contributed by atoms with E-state index in [2.05, 4.69) is 27.3 Å². The lowest BCUT2D eigenvalue weighted by molar-refractivity contribution is 0.846. The molecule has 2 heterocycles. The van der Waals surface area contributed by atoms with Crippen molar-refractivity contribution < 1.29 is 0 Å². The van der Waals surface area contributed by atoms with Crippen LogP contribution in [0.1, 0.15) is 18.0 Å². The van der Waals surface area contributed by atoms with E-state index < -0.39 is 0 Å². The van der Waals surface area contributed by atoms with E-state index in [0.717, 1.165) is 16.4 Å². The summed E-state index contributed by atoms with van der Waals surface area (Å²) in [6, 6.07) is 5.71. The van der Waals surface area contributed by atoms with E-state index in [-0.39, 0.29) is 6.04 Å². The van der Waals surface area contributed by atoms with Crippen LogP contribution in [0, 0.1) is 0 Å². The van der Waals surface area contributed by atoms with E-state index in [1.54, 1.807) is 28.5 Å². The Balaban J connectivity index is 1.94. The highest BCUT2D eigenvalue weighted by Gasteiger charge is 2.12. The molecule has 0 radical (unpaired) electrons. The minimum atomic E-state index is 0.0933. The summed E-state index contributed by atoms with van der Waals surface area (Å²) in [5.74, 6) is 0. The lowest BCUT2D eigenvalue weighted by Gasteiger charge is -2.16. The number of rotatable bonds is 4. The van der Waals surface area contributed by atoms with Gasteiger partial charge in [-0.05, 0) is 25.1 Å². The number of anilines is 1. The number of benzene rings is 1. The highest BCUT2D eigenvalue weighted by molar-refractivity contribution is 7.09. The Bertz CT molecular complexity index is 681. The molecule has 1 aromatic carbocycles. The van der Waals surface area contributed by atoms with Gasteiger partial charge >= 0.3 is 0 Å². The monoisotopic (exact) mass is 305 g/mol. The maximum Gasteiger partial charge on any atom is 0.138 e. The zero-order valence-electron chi connectivity index (χ0n) is 10.7. The smallest absolute Gasteiger partial charge is 0.138 e. The van der Waals surface area contributed by atoms with Crippen molar-refractivity contribution in [1.29, 1.82) is 0 Å². The number of thiazole rings is 1. The van der Waals surface area contributed by atoms with Crippen LogP contribution >= 0.6 is 22.9 Å². The second-order valence-electron chi connectivity index (χ2n) is 4.24. The second-order valence-corrected chi connectivity index (χ2v) is 5.60. The van der Waals surface area contributed by atoms with Gasteiger partial charge in [0.25, 0.3) is 0 Å². The molecule has 3 aromatic rings. The van der Waals surface area contributed by atoms with Crippen LogP contribution in [0.2, 0.25) is 5.02 Å². The Kier molecular flexibility index (Phi) is 3.66. The Hall–Kier alpha value is -1.92. The molecule has 2 aromatic heterocycles. The Morgan fingerprint density at radius 1 is 1.40 bits per heavy atom. The molecule has 0 bridgehead atoms. The molecule has 0 aliphatic rings. The van der Waals surface area contributed by atoms with Crippen molar-refractivity contribution in [3.63, 3.8) is 0 Å². The van der Waals surface area contributed by atoms with Crippen molar-refractivity contribution in [3.05, 3.63) is 52.5 Å². The molecule has 0 aliphatic carbocycles. The third-order valence-corrected chi connectivity index (χ3v) is 4.01. The van der Waals surface area contributed by atoms with Crippen LogP contribution in [0.5, 0.6) is 0 Å². The molecular weight excluding hydrogens is 294 g/mol. The normalized spacial score (nSPS) is 12.3. The van der Waals surface area contributed by atoms with Crippen molar-refractivity contribution in [3.8, 4) is 5.69 Å². The topological polar surface area (TPSA) is 55.6 Å². The van der Waals surface area contributed by atoms with Crippen molar-refractivity contribution in [2.45, 2.75) is 13.0 Å². The summed E-state index contributed by atoms with van der Waals surface area (Å²) >= 11 is 7.70. The minimum absolute atomic E-state index is 0.0933. The first-order valence-electron chi connectivity index (χ1n) is 6.04. The molecule has 0 amide bonds. The van der Waals surface area contributed by atoms with E-state index in [0.29, 0.717) is 5.02 Å². The van der Waals surface area contributed by atoms with E-state index >= 15 is 0 Å². The molecule has 102 valence electrons. The van der Waals surface area contributed by atoms with Gasteiger partial charge in [-0.15, -0.1) is 11.3 Å². The number of nitrogens with one attached hydrogen (secondary N) is 1. The van der Waals surface area contributed by atoms with Crippen LogP contribution in [0.25, 0.3) is 5.69 Å². The van der Waals surface area contributed by atoms with Crippen molar-refractivity contribution in [2.75, 3.05) is 5.32 Å².